The Kier molecular flexibility index (Phi) is 10.7. The van der Waals surface area contributed by atoms with Gasteiger partial charge in [-0.05, 0) is 64.6 Å². The van der Waals surface area contributed by atoms with Crippen LogP contribution >= 0.6 is 0 Å². The normalized spacial score (nSPS) is 15.1. The van der Waals surface area contributed by atoms with Gasteiger partial charge in [0.15, 0.2) is 11.5 Å². The van der Waals surface area contributed by atoms with Crippen molar-refractivity contribution in [2.75, 3.05) is 32.8 Å². The molecule has 0 saturated heterocycles. The molecular formula is C44H42N4O9. The number of rotatable bonds is 11. The van der Waals surface area contributed by atoms with Gasteiger partial charge < -0.3 is 34.3 Å². The number of ether oxygens (including phenoxy) is 5. The number of carbonyl (C=O) groups excluding carboxylic acids is 2. The molecule has 0 spiro atoms. The molecule has 5 aromatic rings. The van der Waals surface area contributed by atoms with E-state index >= 15 is 0 Å². The predicted molar refractivity (Wildman–Crippen MR) is 214 cm³/mol. The van der Waals surface area contributed by atoms with Crippen LogP contribution in [0.4, 0.5) is 16.2 Å². The van der Waals surface area contributed by atoms with Gasteiger partial charge in [0.1, 0.15) is 30.5 Å². The van der Waals surface area contributed by atoms with Gasteiger partial charge in [0.2, 0.25) is 5.75 Å². The third kappa shape index (κ3) is 8.18. The number of benzene rings is 5. The van der Waals surface area contributed by atoms with Crippen LogP contribution in [0.25, 0.3) is 5.70 Å². The molecule has 7 rings (SSSR count). The van der Waals surface area contributed by atoms with Gasteiger partial charge in [0.25, 0.3) is 5.91 Å². The lowest BCUT2D eigenvalue weighted by Gasteiger charge is -2.37. The van der Waals surface area contributed by atoms with E-state index in [1.54, 1.807) is 86.0 Å². The zero-order valence-corrected chi connectivity index (χ0v) is 32.2. The predicted octanol–water partition coefficient (Wildman–Crippen LogP) is 8.79. The van der Waals surface area contributed by atoms with Gasteiger partial charge >= 0.3 is 11.7 Å². The number of anilines is 1. The molecule has 0 fully saturated rings. The largest absolute Gasteiger partial charge is 0.497 e. The topological polar surface area (TPSA) is 151 Å². The molecule has 1 unspecified atom stereocenters. The van der Waals surface area contributed by atoms with Crippen LogP contribution in [0.1, 0.15) is 49.1 Å². The Morgan fingerprint density at radius 1 is 0.860 bits per heavy atom. The molecular weight excluding hydrogens is 729 g/mol. The molecule has 292 valence electrons. The molecule has 0 saturated carbocycles. The molecule has 2 aliphatic rings. The summed E-state index contributed by atoms with van der Waals surface area (Å²) in [6, 6.07) is 29.4. The van der Waals surface area contributed by atoms with Crippen LogP contribution in [0.15, 0.2) is 115 Å². The fraction of sp³-hybridized carbons (Fsp3) is 0.227. The van der Waals surface area contributed by atoms with Gasteiger partial charge in [-0.2, -0.15) is 0 Å². The minimum absolute atomic E-state index is 0.00230. The third-order valence-corrected chi connectivity index (χ3v) is 9.70. The minimum Gasteiger partial charge on any atom is -0.497 e. The molecule has 0 aliphatic carbocycles. The van der Waals surface area contributed by atoms with Crippen molar-refractivity contribution in [3.8, 4) is 34.5 Å². The van der Waals surface area contributed by atoms with E-state index < -0.39 is 22.9 Å². The summed E-state index contributed by atoms with van der Waals surface area (Å²) in [6.45, 7) is 7.03. The van der Waals surface area contributed by atoms with Gasteiger partial charge in [-0.3, -0.25) is 19.8 Å². The highest BCUT2D eigenvalue weighted by Gasteiger charge is 2.39. The fourth-order valence-electron chi connectivity index (χ4n) is 6.77. The molecule has 13 heteroatoms. The molecule has 2 heterocycles. The smallest absolute Gasteiger partial charge is 0.322 e. The van der Waals surface area contributed by atoms with E-state index in [-0.39, 0.29) is 34.5 Å². The second-order valence-electron chi connectivity index (χ2n) is 14.4. The van der Waals surface area contributed by atoms with Crippen molar-refractivity contribution in [2.45, 2.75) is 38.8 Å². The second-order valence-corrected chi connectivity index (χ2v) is 14.4. The summed E-state index contributed by atoms with van der Waals surface area (Å²) in [5.74, 6) is 1.90. The van der Waals surface area contributed by atoms with Crippen molar-refractivity contribution in [1.82, 2.24) is 10.2 Å². The molecule has 2 N–H and O–H groups in total. The number of amides is 3. The summed E-state index contributed by atoms with van der Waals surface area (Å²) in [5, 5.41) is 18.6. The Morgan fingerprint density at radius 2 is 1.58 bits per heavy atom. The van der Waals surface area contributed by atoms with Crippen LogP contribution < -0.4 is 34.3 Å². The Hall–Kier alpha value is -7.02. The Labute approximate surface area is 329 Å². The van der Waals surface area contributed by atoms with Crippen molar-refractivity contribution in [3.05, 3.63) is 147 Å². The summed E-state index contributed by atoms with van der Waals surface area (Å²) < 4.78 is 28.6. The van der Waals surface area contributed by atoms with Crippen molar-refractivity contribution in [3.63, 3.8) is 0 Å². The van der Waals surface area contributed by atoms with Gasteiger partial charge in [0, 0.05) is 29.4 Å². The van der Waals surface area contributed by atoms with E-state index in [1.165, 1.54) is 24.1 Å². The maximum Gasteiger partial charge on any atom is 0.322 e. The average molecular weight is 771 g/mol. The number of urea groups is 1. The van der Waals surface area contributed by atoms with Gasteiger partial charge in [-0.25, -0.2) is 4.79 Å². The Bertz CT molecular complexity index is 2350. The van der Waals surface area contributed by atoms with E-state index in [9.17, 15) is 19.7 Å². The molecule has 5 aromatic carbocycles. The molecule has 13 nitrogen and oxygen atoms in total. The minimum atomic E-state index is -1.14. The van der Waals surface area contributed by atoms with Crippen molar-refractivity contribution in [2.24, 2.45) is 0 Å². The van der Waals surface area contributed by atoms with Gasteiger partial charge in [-0.15, -0.1) is 0 Å². The van der Waals surface area contributed by atoms with Crippen molar-refractivity contribution >= 4 is 29.0 Å². The number of nitrogens with zero attached hydrogens (tertiary/aromatic N) is 2. The number of hydrogen-bond donors (Lipinski definition) is 2. The molecule has 57 heavy (non-hydrogen) atoms. The number of hydrogen-bond acceptors (Lipinski definition) is 9. The summed E-state index contributed by atoms with van der Waals surface area (Å²) in [6.07, 6.45) is 0. The second kappa shape index (κ2) is 16.0. The number of fused-ring (bicyclic) bond motifs is 1. The first kappa shape index (κ1) is 38.3. The first-order valence-electron chi connectivity index (χ1n) is 18.3. The zero-order valence-electron chi connectivity index (χ0n) is 32.2. The van der Waals surface area contributed by atoms with Crippen LogP contribution in [0.3, 0.4) is 0 Å². The van der Waals surface area contributed by atoms with E-state index in [0.717, 1.165) is 5.56 Å². The van der Waals surface area contributed by atoms with Crippen LogP contribution in [-0.4, -0.2) is 49.2 Å². The Morgan fingerprint density at radius 3 is 2.26 bits per heavy atom. The lowest BCUT2D eigenvalue weighted by atomic mass is 9.87. The monoisotopic (exact) mass is 770 g/mol. The molecule has 0 bridgehead atoms. The van der Waals surface area contributed by atoms with Gasteiger partial charge in [0.05, 0.1) is 43.0 Å². The van der Waals surface area contributed by atoms with Crippen LogP contribution in [-0.2, 0) is 16.8 Å². The molecule has 3 amide bonds. The summed E-state index contributed by atoms with van der Waals surface area (Å²) in [4.78, 5) is 42.7. The lowest BCUT2D eigenvalue weighted by molar-refractivity contribution is -0.385. The maximum atomic E-state index is 14.8. The summed E-state index contributed by atoms with van der Waals surface area (Å²) in [7, 11) is 3.06. The van der Waals surface area contributed by atoms with E-state index in [2.05, 4.69) is 31.4 Å². The average Bonchev–Trinajstić information content (AvgIpc) is 3.21. The van der Waals surface area contributed by atoms with E-state index in [0.29, 0.717) is 64.5 Å². The lowest BCUT2D eigenvalue weighted by Crippen LogP contribution is -2.48. The fourth-order valence-corrected chi connectivity index (χ4v) is 6.77. The van der Waals surface area contributed by atoms with Crippen LogP contribution in [0, 0.1) is 10.1 Å². The van der Waals surface area contributed by atoms with E-state index in [4.69, 9.17) is 23.7 Å². The highest BCUT2D eigenvalue weighted by Crippen LogP contribution is 2.42. The molecule has 0 radical (unpaired) electrons. The number of nitro groups is 1. The first-order chi connectivity index (χ1) is 27.4. The summed E-state index contributed by atoms with van der Waals surface area (Å²) >= 11 is 0. The molecule has 1 atom stereocenters. The summed E-state index contributed by atoms with van der Waals surface area (Å²) in [5.41, 5.74) is 2.96. The standard InChI is InChI=1S/C44H42N4O9/c1-44(2,3)30-13-17-32(18-14-30)57-35-19-12-28(23-34(35)48(51)52)40-39(42(49)45-31-15-20-36-38(24-31)56-22-21-55-36)41(27-9-7-6-8-10-27)47(43(50)46-40)26-29-11-16-33(53-4)25-37(29)54-5/h6-20,23-25,40H,21-22,26H2,1-5H3,(H,45,49)(H,46,50). The zero-order chi connectivity index (χ0) is 40.3. The number of nitro benzene ring substituents is 1. The SMILES string of the molecule is COc1ccc(CN2C(=O)NC(c3ccc(Oc4ccc(C(C)(C)C)cc4)c([N+](=O)[O-])c3)C(C(=O)Nc3ccc4c(c3)OCCO4)=C2c2ccccc2)c(OC)c1. The van der Waals surface area contributed by atoms with Crippen molar-refractivity contribution < 1.29 is 38.2 Å². The van der Waals surface area contributed by atoms with Gasteiger partial charge in [-0.1, -0.05) is 69.3 Å². The number of methoxy groups -OCH3 is 2. The van der Waals surface area contributed by atoms with Crippen molar-refractivity contribution in [1.29, 1.82) is 0 Å². The first-order valence-corrected chi connectivity index (χ1v) is 18.3. The van der Waals surface area contributed by atoms with E-state index in [1.807, 2.05) is 18.2 Å². The maximum absolute atomic E-state index is 14.8. The quantitative estimate of drug-likeness (QED) is 0.0992. The molecule has 0 aromatic heterocycles. The highest BCUT2D eigenvalue weighted by atomic mass is 16.6. The Balaban J connectivity index is 1.35. The molecule has 2 aliphatic heterocycles. The van der Waals surface area contributed by atoms with Crippen LogP contribution in [0.5, 0.6) is 34.5 Å². The van der Waals surface area contributed by atoms with Crippen LogP contribution in [0.2, 0.25) is 0 Å². The highest BCUT2D eigenvalue weighted by molar-refractivity contribution is 6.12. The number of nitrogens with one attached hydrogen (secondary N) is 2. The number of carbonyl (C=O) groups is 2. The third-order valence-electron chi connectivity index (χ3n) is 9.70.